The van der Waals surface area contributed by atoms with Gasteiger partial charge in [-0.2, -0.15) is 31.4 Å². The van der Waals surface area contributed by atoms with Crippen molar-refractivity contribution >= 4 is 5.65 Å². The van der Waals surface area contributed by atoms with Gasteiger partial charge in [0.25, 0.3) is 0 Å². The Morgan fingerprint density at radius 1 is 0.800 bits per heavy atom. The maximum Gasteiger partial charge on any atom is 0.433 e. The van der Waals surface area contributed by atoms with E-state index in [9.17, 15) is 26.3 Å². The molecule has 2 aromatic carbocycles. The van der Waals surface area contributed by atoms with E-state index in [1.807, 2.05) is 0 Å². The minimum atomic E-state index is -5.12. The number of benzene rings is 2. The van der Waals surface area contributed by atoms with Crippen LogP contribution in [0, 0.1) is 0 Å². The zero-order chi connectivity index (χ0) is 28.5. The molecule has 0 spiro atoms. The van der Waals surface area contributed by atoms with Gasteiger partial charge in [-0.05, 0) is 74.0 Å². The van der Waals surface area contributed by atoms with Crippen LogP contribution < -0.4 is 9.47 Å². The van der Waals surface area contributed by atoms with E-state index < -0.39 is 29.4 Å². The number of hydrogen-bond donors (Lipinski definition) is 0. The summed E-state index contributed by atoms with van der Waals surface area (Å²) in [4.78, 5) is 5.93. The number of likely N-dealkylation sites (tertiary alicyclic amines) is 1. The van der Waals surface area contributed by atoms with Crippen LogP contribution in [0.2, 0.25) is 0 Å². The highest BCUT2D eigenvalue weighted by Gasteiger charge is 2.41. The number of fused-ring (bicyclic) bond motifs is 1. The summed E-state index contributed by atoms with van der Waals surface area (Å²) in [5.41, 5.74) is -3.02. The van der Waals surface area contributed by atoms with Gasteiger partial charge < -0.3 is 9.47 Å². The Labute approximate surface area is 226 Å². The van der Waals surface area contributed by atoms with Gasteiger partial charge in [0.2, 0.25) is 0 Å². The Hall–Kier alpha value is -3.80. The fourth-order valence-corrected chi connectivity index (χ4v) is 4.77. The van der Waals surface area contributed by atoms with Gasteiger partial charge in [-0.15, -0.1) is 0 Å². The van der Waals surface area contributed by atoms with E-state index in [0.29, 0.717) is 33.7 Å². The van der Waals surface area contributed by atoms with Crippen molar-refractivity contribution in [1.29, 1.82) is 0 Å². The van der Waals surface area contributed by atoms with Crippen LogP contribution >= 0.6 is 0 Å². The van der Waals surface area contributed by atoms with Crippen LogP contribution in [-0.4, -0.2) is 52.8 Å². The summed E-state index contributed by atoms with van der Waals surface area (Å²) in [5, 5.41) is 4.13. The molecule has 5 rings (SSSR count). The molecule has 1 saturated heterocycles. The molecule has 0 unspecified atom stereocenters. The average Bonchev–Trinajstić information content (AvgIpc) is 3.32. The molecule has 0 atom stereocenters. The second kappa shape index (κ2) is 11.0. The molecule has 0 radical (unpaired) electrons. The number of ether oxygens (including phenoxy) is 2. The lowest BCUT2D eigenvalue weighted by Crippen LogP contribution is -2.33. The Morgan fingerprint density at radius 2 is 1.43 bits per heavy atom. The third-order valence-corrected chi connectivity index (χ3v) is 6.80. The molecule has 0 N–H and O–H groups in total. The van der Waals surface area contributed by atoms with Gasteiger partial charge in [-0.3, -0.25) is 4.90 Å². The zero-order valence-corrected chi connectivity index (χ0v) is 21.5. The molecule has 2 aromatic heterocycles. The fourth-order valence-electron chi connectivity index (χ4n) is 4.77. The van der Waals surface area contributed by atoms with Crippen molar-refractivity contribution in [2.75, 3.05) is 33.4 Å². The van der Waals surface area contributed by atoms with E-state index in [1.165, 1.54) is 38.5 Å². The second-order valence-electron chi connectivity index (χ2n) is 9.48. The van der Waals surface area contributed by atoms with Crippen molar-refractivity contribution in [3.8, 4) is 33.9 Å². The lowest BCUT2D eigenvalue weighted by molar-refractivity contribution is -0.148. The minimum Gasteiger partial charge on any atom is -0.497 e. The van der Waals surface area contributed by atoms with E-state index in [2.05, 4.69) is 15.0 Å². The van der Waals surface area contributed by atoms with Crippen LogP contribution in [-0.2, 0) is 12.4 Å². The molecule has 3 heterocycles. The lowest BCUT2D eigenvalue weighted by Gasteiger charge is -2.26. The average molecular weight is 565 g/mol. The van der Waals surface area contributed by atoms with Crippen LogP contribution in [0.4, 0.5) is 26.3 Å². The van der Waals surface area contributed by atoms with Gasteiger partial charge in [-0.25, -0.2) is 9.50 Å². The number of hydrogen-bond acceptors (Lipinski definition) is 5. The molecule has 6 nitrogen and oxygen atoms in total. The molecule has 212 valence electrons. The van der Waals surface area contributed by atoms with Crippen LogP contribution in [0.1, 0.15) is 30.7 Å². The maximum absolute atomic E-state index is 13.9. The third kappa shape index (κ3) is 5.86. The predicted octanol–water partition coefficient (Wildman–Crippen LogP) is 6.97. The van der Waals surface area contributed by atoms with Crippen molar-refractivity contribution in [1.82, 2.24) is 19.5 Å². The van der Waals surface area contributed by atoms with Gasteiger partial charge >= 0.3 is 12.4 Å². The smallest absolute Gasteiger partial charge is 0.433 e. The highest BCUT2D eigenvalue weighted by Crippen LogP contribution is 2.41. The molecule has 4 aromatic rings. The summed E-state index contributed by atoms with van der Waals surface area (Å²) >= 11 is 0. The van der Waals surface area contributed by atoms with E-state index in [1.54, 1.807) is 36.4 Å². The van der Waals surface area contributed by atoms with Crippen molar-refractivity contribution in [3.63, 3.8) is 0 Å². The molecular weight excluding hydrogens is 538 g/mol. The van der Waals surface area contributed by atoms with Crippen LogP contribution in [0.15, 0.2) is 54.6 Å². The van der Waals surface area contributed by atoms with Crippen molar-refractivity contribution < 1.29 is 35.8 Å². The Morgan fingerprint density at radius 3 is 2.02 bits per heavy atom. The Balaban J connectivity index is 1.57. The zero-order valence-electron chi connectivity index (χ0n) is 21.5. The summed E-state index contributed by atoms with van der Waals surface area (Å²) in [6.45, 7) is 3.33. The molecule has 40 heavy (non-hydrogen) atoms. The maximum atomic E-state index is 13.9. The Bertz CT molecular complexity index is 1460. The standard InChI is InChI=1S/C28H26F6N4O2/c1-39-20-9-5-18(6-10-20)24-25(19-7-11-21(12-8-19)40-16-15-37-13-3-2-4-14-37)36-38-23(28(32,33)34)17-22(27(29,30)31)35-26(24)38/h5-12,17H,2-4,13-16H2,1H3. The Kier molecular flexibility index (Phi) is 7.63. The molecule has 12 heteroatoms. The molecular formula is C28H26F6N4O2. The monoisotopic (exact) mass is 564 g/mol. The number of rotatable bonds is 7. The first-order chi connectivity index (χ1) is 19.0. The van der Waals surface area contributed by atoms with Gasteiger partial charge in [0.1, 0.15) is 29.5 Å². The van der Waals surface area contributed by atoms with Crippen molar-refractivity contribution in [2.45, 2.75) is 31.6 Å². The van der Waals surface area contributed by atoms with Crippen LogP contribution in [0.25, 0.3) is 28.0 Å². The summed E-state index contributed by atoms with van der Waals surface area (Å²) in [6, 6.07) is 12.7. The molecule has 0 bridgehead atoms. The number of halogens is 6. The molecule has 0 aliphatic carbocycles. The summed E-state index contributed by atoms with van der Waals surface area (Å²) in [6.07, 6.45) is -6.65. The number of piperidine rings is 1. The highest BCUT2D eigenvalue weighted by atomic mass is 19.4. The predicted molar refractivity (Wildman–Crippen MR) is 136 cm³/mol. The highest BCUT2D eigenvalue weighted by molar-refractivity contribution is 5.91. The number of aromatic nitrogens is 3. The fraction of sp³-hybridized carbons (Fsp3) is 0.357. The first-order valence-electron chi connectivity index (χ1n) is 12.7. The van der Waals surface area contributed by atoms with Gasteiger partial charge in [0.05, 0.1) is 12.7 Å². The SMILES string of the molecule is COc1ccc(-c2c(-c3ccc(OCCN4CCCCC4)cc3)nn3c(C(F)(F)F)cc(C(F)(F)F)nc23)cc1. The molecule has 1 fully saturated rings. The normalized spacial score (nSPS) is 15.0. The van der Waals surface area contributed by atoms with E-state index in [0.717, 1.165) is 19.6 Å². The molecule has 1 aliphatic rings. The van der Waals surface area contributed by atoms with Crippen molar-refractivity contribution in [2.24, 2.45) is 0 Å². The van der Waals surface area contributed by atoms with Gasteiger partial charge in [0, 0.05) is 12.1 Å². The van der Waals surface area contributed by atoms with Gasteiger partial charge in [0.15, 0.2) is 11.3 Å². The lowest BCUT2D eigenvalue weighted by atomic mass is 10.0. The van der Waals surface area contributed by atoms with E-state index in [4.69, 9.17) is 9.47 Å². The molecule has 0 amide bonds. The quantitative estimate of drug-likeness (QED) is 0.227. The topological polar surface area (TPSA) is 51.9 Å². The summed E-state index contributed by atoms with van der Waals surface area (Å²) < 4.78 is 94.1. The van der Waals surface area contributed by atoms with Crippen molar-refractivity contribution in [3.05, 3.63) is 66.0 Å². The second-order valence-corrected chi connectivity index (χ2v) is 9.48. The number of methoxy groups -OCH3 is 1. The largest absolute Gasteiger partial charge is 0.497 e. The van der Waals surface area contributed by atoms with Crippen LogP contribution in [0.3, 0.4) is 0 Å². The summed E-state index contributed by atoms with van der Waals surface area (Å²) in [5.74, 6) is 1.02. The van der Waals surface area contributed by atoms with E-state index in [-0.39, 0.29) is 17.3 Å². The van der Waals surface area contributed by atoms with Gasteiger partial charge in [-0.1, -0.05) is 18.6 Å². The van der Waals surface area contributed by atoms with Crippen LogP contribution in [0.5, 0.6) is 11.5 Å². The minimum absolute atomic E-state index is 0.0259. The molecule has 0 saturated carbocycles. The third-order valence-electron chi connectivity index (χ3n) is 6.80. The van der Waals surface area contributed by atoms with E-state index >= 15 is 0 Å². The number of alkyl halides is 6. The summed E-state index contributed by atoms with van der Waals surface area (Å²) in [7, 11) is 1.44. The first kappa shape index (κ1) is 27.8. The first-order valence-corrected chi connectivity index (χ1v) is 12.7. The molecule has 1 aliphatic heterocycles. The number of nitrogens with zero attached hydrogens (tertiary/aromatic N) is 4.